The maximum atomic E-state index is 6.01. The standard InChI is InChI=1S/C63H59N5/c1-39-30-40(2)58(41(3)31-39)68-59(65-63(10)50-24-16-14-22-43(50)38-62(63,68)9)45-32-44(42-20-12-11-13-21-42)33-47(34-45)66-54-27-19-17-25-51(54)61(7,8)52-36-49-48-23-15-18-26-53(48)67(55(49)37-56(52)66)57-35-46(28-29-64-57)60(4,5)6/h11-37H,38H2,1-10H3/t62-,63+/m0/s1. The molecule has 12 rings (SSSR count). The molecule has 0 saturated heterocycles. The van der Waals surface area contributed by atoms with E-state index in [1.165, 1.54) is 66.7 Å². The van der Waals surface area contributed by atoms with Crippen LogP contribution in [0.25, 0.3) is 38.8 Å². The van der Waals surface area contributed by atoms with Crippen molar-refractivity contribution in [3.05, 3.63) is 214 Å². The molecule has 9 aromatic rings. The minimum absolute atomic E-state index is 0.0332. The van der Waals surface area contributed by atoms with Gasteiger partial charge in [0, 0.05) is 39.3 Å². The Labute approximate surface area is 401 Å². The average Bonchev–Trinajstić information content (AvgIpc) is 3.85. The smallest absolute Gasteiger partial charge is 0.137 e. The Bertz CT molecular complexity index is 3560. The van der Waals surface area contributed by atoms with Crippen molar-refractivity contribution in [2.45, 2.75) is 97.6 Å². The number of aromatic nitrogens is 2. The van der Waals surface area contributed by atoms with Gasteiger partial charge in [0.1, 0.15) is 17.2 Å². The van der Waals surface area contributed by atoms with Gasteiger partial charge < -0.3 is 9.80 Å². The summed E-state index contributed by atoms with van der Waals surface area (Å²) in [5.74, 6) is 1.93. The maximum Gasteiger partial charge on any atom is 0.137 e. The fraction of sp³-hybridized carbons (Fsp3) is 0.238. The molecule has 3 aliphatic rings. The highest BCUT2D eigenvalue weighted by atomic mass is 15.4. The molecule has 0 saturated carbocycles. The van der Waals surface area contributed by atoms with Crippen molar-refractivity contribution in [3.8, 4) is 16.9 Å². The summed E-state index contributed by atoms with van der Waals surface area (Å²) in [6.45, 7) is 23.2. The first-order chi connectivity index (χ1) is 32.6. The summed E-state index contributed by atoms with van der Waals surface area (Å²) in [5.41, 5.74) is 19.5. The molecule has 7 aromatic carbocycles. The van der Waals surface area contributed by atoms with Crippen LogP contribution in [0.3, 0.4) is 0 Å². The molecule has 0 amide bonds. The largest absolute Gasteiger partial charge is 0.317 e. The molecule has 5 nitrogen and oxygen atoms in total. The molecule has 2 aromatic heterocycles. The number of benzene rings is 7. The normalized spacial score (nSPS) is 19.2. The second-order valence-corrected chi connectivity index (χ2v) is 21.7. The fourth-order valence-electron chi connectivity index (χ4n) is 12.4. The van der Waals surface area contributed by atoms with Gasteiger partial charge >= 0.3 is 0 Å². The van der Waals surface area contributed by atoms with E-state index in [9.17, 15) is 0 Å². The van der Waals surface area contributed by atoms with Crippen LogP contribution in [0.2, 0.25) is 0 Å². The molecule has 0 fully saturated rings. The van der Waals surface area contributed by atoms with E-state index in [0.29, 0.717) is 0 Å². The lowest BCUT2D eigenvalue weighted by atomic mass is 9.73. The third-order valence-electron chi connectivity index (χ3n) is 15.9. The van der Waals surface area contributed by atoms with Crippen LogP contribution in [0.1, 0.15) is 98.5 Å². The predicted octanol–water partition coefficient (Wildman–Crippen LogP) is 15.7. The monoisotopic (exact) mass is 885 g/mol. The number of hydrogen-bond acceptors (Lipinski definition) is 4. The molecular formula is C63H59N5. The van der Waals surface area contributed by atoms with Crippen LogP contribution >= 0.6 is 0 Å². The Morgan fingerprint density at radius 2 is 1.24 bits per heavy atom. The molecule has 1 aliphatic carbocycles. The maximum absolute atomic E-state index is 6.01. The van der Waals surface area contributed by atoms with Crippen molar-refractivity contribution in [2.24, 2.45) is 4.99 Å². The van der Waals surface area contributed by atoms with Gasteiger partial charge in [-0.1, -0.05) is 143 Å². The third kappa shape index (κ3) is 6.00. The minimum atomic E-state index is -0.489. The molecule has 4 heterocycles. The summed E-state index contributed by atoms with van der Waals surface area (Å²) in [7, 11) is 0. The summed E-state index contributed by atoms with van der Waals surface area (Å²) in [6, 6.07) is 59.0. The summed E-state index contributed by atoms with van der Waals surface area (Å²) in [5, 5.41) is 2.44. The molecule has 2 atom stereocenters. The zero-order valence-electron chi connectivity index (χ0n) is 41.0. The Hall–Kier alpha value is -7.24. The SMILES string of the molecule is Cc1cc(C)c(N2C(c3cc(-c4ccccc4)cc(N4c5ccccc5C(C)(C)c5cc6c7ccccc7n(-c7cc(C(C)(C)C)ccn7)c6cc54)c3)=N[C@]3(C)c4ccccc4C[C@]23C)c(C)c1. The number of aryl methyl sites for hydroxylation is 3. The molecule has 0 bridgehead atoms. The first kappa shape index (κ1) is 42.1. The van der Waals surface area contributed by atoms with Gasteiger partial charge in [0.25, 0.3) is 0 Å². The fourth-order valence-corrected chi connectivity index (χ4v) is 12.4. The van der Waals surface area contributed by atoms with Crippen LogP contribution in [0.5, 0.6) is 0 Å². The third-order valence-corrected chi connectivity index (χ3v) is 15.9. The van der Waals surface area contributed by atoms with E-state index < -0.39 is 5.54 Å². The summed E-state index contributed by atoms with van der Waals surface area (Å²) in [4.78, 5) is 16.3. The van der Waals surface area contributed by atoms with Crippen molar-refractivity contribution < 1.29 is 0 Å². The van der Waals surface area contributed by atoms with Crippen LogP contribution in [0.4, 0.5) is 22.7 Å². The van der Waals surface area contributed by atoms with Crippen LogP contribution in [-0.2, 0) is 22.8 Å². The number of nitrogens with zero attached hydrogens (tertiary/aromatic N) is 5. The predicted molar refractivity (Wildman–Crippen MR) is 285 cm³/mol. The van der Waals surface area contributed by atoms with Gasteiger partial charge in [-0.25, -0.2) is 4.98 Å². The average molecular weight is 886 g/mol. The molecule has 0 spiro atoms. The number of rotatable bonds is 5. The van der Waals surface area contributed by atoms with Crippen molar-refractivity contribution in [1.29, 1.82) is 0 Å². The number of amidine groups is 1. The van der Waals surface area contributed by atoms with Gasteiger partial charge in [-0.15, -0.1) is 0 Å². The quantitative estimate of drug-likeness (QED) is 0.173. The van der Waals surface area contributed by atoms with Gasteiger partial charge in [0.05, 0.1) is 27.9 Å². The number of anilines is 4. The minimum Gasteiger partial charge on any atom is -0.317 e. The summed E-state index contributed by atoms with van der Waals surface area (Å²) >= 11 is 0. The first-order valence-electron chi connectivity index (χ1n) is 24.3. The Morgan fingerprint density at radius 3 is 2.00 bits per heavy atom. The molecule has 2 aliphatic heterocycles. The Balaban J connectivity index is 1.16. The number of pyridine rings is 1. The van der Waals surface area contributed by atoms with Crippen LogP contribution < -0.4 is 9.80 Å². The van der Waals surface area contributed by atoms with Gasteiger partial charge in [0.15, 0.2) is 0 Å². The molecule has 0 radical (unpaired) electrons. The zero-order chi connectivity index (χ0) is 47.1. The van der Waals surface area contributed by atoms with E-state index in [1.54, 1.807) is 0 Å². The van der Waals surface area contributed by atoms with E-state index in [-0.39, 0.29) is 16.4 Å². The van der Waals surface area contributed by atoms with Crippen LogP contribution in [0, 0.1) is 20.8 Å². The van der Waals surface area contributed by atoms with Crippen LogP contribution in [-0.4, -0.2) is 20.9 Å². The topological polar surface area (TPSA) is 36.7 Å². The number of aliphatic imine (C=N–C) groups is 1. The van der Waals surface area contributed by atoms with E-state index in [4.69, 9.17) is 9.98 Å². The van der Waals surface area contributed by atoms with Gasteiger partial charge in [-0.3, -0.25) is 9.56 Å². The lowest BCUT2D eigenvalue weighted by Gasteiger charge is -2.43. The molecule has 0 unspecified atom stereocenters. The number of hydrogen-bond donors (Lipinski definition) is 0. The highest BCUT2D eigenvalue weighted by molar-refractivity contribution is 6.16. The second kappa shape index (κ2) is 14.6. The van der Waals surface area contributed by atoms with Crippen LogP contribution in [0.15, 0.2) is 169 Å². The second-order valence-electron chi connectivity index (χ2n) is 21.7. The first-order valence-corrected chi connectivity index (χ1v) is 24.3. The van der Waals surface area contributed by atoms with Crippen molar-refractivity contribution in [1.82, 2.24) is 9.55 Å². The van der Waals surface area contributed by atoms with Crippen molar-refractivity contribution in [2.75, 3.05) is 9.80 Å². The van der Waals surface area contributed by atoms with Gasteiger partial charge in [-0.2, -0.15) is 0 Å². The summed E-state index contributed by atoms with van der Waals surface area (Å²) in [6.07, 6.45) is 2.86. The lowest BCUT2D eigenvalue weighted by Crippen LogP contribution is -2.54. The van der Waals surface area contributed by atoms with E-state index >= 15 is 0 Å². The molecular weight excluding hydrogens is 827 g/mol. The van der Waals surface area contributed by atoms with E-state index in [1.807, 2.05) is 6.20 Å². The Kier molecular flexibility index (Phi) is 9.07. The molecule has 0 N–H and O–H groups in total. The summed E-state index contributed by atoms with van der Waals surface area (Å²) < 4.78 is 2.38. The van der Waals surface area contributed by atoms with Gasteiger partial charge in [-0.05, 0) is 151 Å². The van der Waals surface area contributed by atoms with E-state index in [0.717, 1.165) is 57.2 Å². The highest BCUT2D eigenvalue weighted by Gasteiger charge is 2.61. The number of para-hydroxylation sites is 2. The molecule has 336 valence electrons. The number of fused-ring (bicyclic) bond motifs is 8. The lowest BCUT2D eigenvalue weighted by molar-refractivity contribution is 0.321. The molecule has 5 heteroatoms. The van der Waals surface area contributed by atoms with Gasteiger partial charge in [0.2, 0.25) is 0 Å². The van der Waals surface area contributed by atoms with Crippen molar-refractivity contribution >= 4 is 50.4 Å². The van der Waals surface area contributed by atoms with E-state index in [2.05, 4.69) is 241 Å². The zero-order valence-corrected chi connectivity index (χ0v) is 41.0. The highest BCUT2D eigenvalue weighted by Crippen LogP contribution is 2.58. The Morgan fingerprint density at radius 1 is 0.559 bits per heavy atom. The molecule has 68 heavy (non-hydrogen) atoms. The van der Waals surface area contributed by atoms with Crippen molar-refractivity contribution in [3.63, 3.8) is 0 Å².